The van der Waals surface area contributed by atoms with Gasteiger partial charge < -0.3 is 19.9 Å². The maximum atomic E-state index is 11.8. The molecule has 0 aliphatic carbocycles. The van der Waals surface area contributed by atoms with Gasteiger partial charge in [-0.05, 0) is 30.5 Å². The predicted octanol–water partition coefficient (Wildman–Crippen LogP) is 2.13. The number of guanidine groups is 1. The van der Waals surface area contributed by atoms with E-state index in [2.05, 4.69) is 16.9 Å². The van der Waals surface area contributed by atoms with Crippen LogP contribution >= 0.6 is 0 Å². The van der Waals surface area contributed by atoms with E-state index < -0.39 is 0 Å². The molecule has 6 nitrogen and oxygen atoms in total. The molecule has 0 aliphatic heterocycles. The van der Waals surface area contributed by atoms with E-state index in [1.807, 2.05) is 42.3 Å². The van der Waals surface area contributed by atoms with Crippen molar-refractivity contribution in [3.05, 3.63) is 42.5 Å². The van der Waals surface area contributed by atoms with Crippen molar-refractivity contribution < 1.29 is 9.53 Å². The number of nitrogens with one attached hydrogen (secondary N) is 1. The second-order valence-electron chi connectivity index (χ2n) is 5.98. The molecular weight excluding hydrogens is 316 g/mol. The van der Waals surface area contributed by atoms with Crippen LogP contribution in [0.5, 0.6) is 5.75 Å². The van der Waals surface area contributed by atoms with Crippen LogP contribution in [-0.2, 0) is 11.3 Å². The molecule has 0 radical (unpaired) electrons. The minimum atomic E-state index is 0.0108. The molecule has 25 heavy (non-hydrogen) atoms. The Kier molecular flexibility index (Phi) is 9.14. The SMILES string of the molecule is C=CCCCN(C)C(=NCc1ccc(OC)cc1)NCC(=O)N(C)C. The fraction of sp³-hybridized carbons (Fsp3) is 0.474. The Morgan fingerprint density at radius 3 is 2.52 bits per heavy atom. The van der Waals surface area contributed by atoms with E-state index in [4.69, 9.17) is 4.74 Å². The minimum Gasteiger partial charge on any atom is -0.497 e. The summed E-state index contributed by atoms with van der Waals surface area (Å²) in [4.78, 5) is 20.1. The molecule has 0 aliphatic rings. The number of unbranched alkanes of at least 4 members (excludes halogenated alkanes) is 1. The lowest BCUT2D eigenvalue weighted by Crippen LogP contribution is -2.44. The largest absolute Gasteiger partial charge is 0.497 e. The third-order valence-corrected chi connectivity index (χ3v) is 3.73. The number of nitrogens with zero attached hydrogens (tertiary/aromatic N) is 3. The number of amides is 1. The molecule has 1 aromatic carbocycles. The first-order valence-electron chi connectivity index (χ1n) is 8.41. The number of ether oxygens (including phenoxy) is 1. The first kappa shape index (κ1) is 20.5. The number of carbonyl (C=O) groups is 1. The van der Waals surface area contributed by atoms with E-state index in [0.29, 0.717) is 6.54 Å². The number of hydrogen-bond donors (Lipinski definition) is 1. The first-order valence-corrected chi connectivity index (χ1v) is 8.41. The summed E-state index contributed by atoms with van der Waals surface area (Å²) in [5, 5.41) is 3.15. The number of aliphatic imine (C=N–C) groups is 1. The highest BCUT2D eigenvalue weighted by molar-refractivity contribution is 5.86. The Balaban J connectivity index is 2.75. The summed E-state index contributed by atoms with van der Waals surface area (Å²) in [6, 6.07) is 7.81. The van der Waals surface area contributed by atoms with Crippen molar-refractivity contribution >= 4 is 11.9 Å². The second kappa shape index (κ2) is 11.1. The Labute approximate surface area is 151 Å². The molecule has 0 fully saturated rings. The van der Waals surface area contributed by atoms with Gasteiger partial charge >= 0.3 is 0 Å². The van der Waals surface area contributed by atoms with Crippen LogP contribution in [0.15, 0.2) is 41.9 Å². The zero-order chi connectivity index (χ0) is 18.7. The van der Waals surface area contributed by atoms with Crippen LogP contribution in [0.3, 0.4) is 0 Å². The van der Waals surface area contributed by atoms with Gasteiger partial charge in [0, 0.05) is 27.7 Å². The number of allylic oxidation sites excluding steroid dienone is 1. The van der Waals surface area contributed by atoms with Crippen molar-refractivity contribution in [3.8, 4) is 5.75 Å². The van der Waals surface area contributed by atoms with Gasteiger partial charge in [0.15, 0.2) is 5.96 Å². The third-order valence-electron chi connectivity index (χ3n) is 3.73. The summed E-state index contributed by atoms with van der Waals surface area (Å²) in [6.45, 7) is 5.35. The molecule has 0 atom stereocenters. The summed E-state index contributed by atoms with van der Waals surface area (Å²) in [6.07, 6.45) is 3.85. The van der Waals surface area contributed by atoms with Crippen molar-refractivity contribution in [2.24, 2.45) is 4.99 Å². The average molecular weight is 346 g/mol. The van der Waals surface area contributed by atoms with E-state index in [1.165, 1.54) is 0 Å². The second-order valence-corrected chi connectivity index (χ2v) is 5.98. The van der Waals surface area contributed by atoms with Gasteiger partial charge in [0.1, 0.15) is 5.75 Å². The molecule has 0 saturated heterocycles. The van der Waals surface area contributed by atoms with Crippen LogP contribution in [-0.4, -0.2) is 63.0 Å². The highest BCUT2D eigenvalue weighted by Gasteiger charge is 2.09. The lowest BCUT2D eigenvalue weighted by atomic mass is 10.2. The van der Waals surface area contributed by atoms with Crippen molar-refractivity contribution in [3.63, 3.8) is 0 Å². The molecule has 0 unspecified atom stereocenters. The smallest absolute Gasteiger partial charge is 0.241 e. The summed E-state index contributed by atoms with van der Waals surface area (Å²) < 4.78 is 5.17. The number of hydrogen-bond acceptors (Lipinski definition) is 3. The molecule has 0 heterocycles. The topological polar surface area (TPSA) is 57.2 Å². The van der Waals surface area contributed by atoms with Gasteiger partial charge in [0.2, 0.25) is 5.91 Å². The monoisotopic (exact) mass is 346 g/mol. The molecule has 1 aromatic rings. The van der Waals surface area contributed by atoms with Gasteiger partial charge in [-0.25, -0.2) is 4.99 Å². The van der Waals surface area contributed by atoms with E-state index >= 15 is 0 Å². The first-order chi connectivity index (χ1) is 12.0. The van der Waals surface area contributed by atoms with Crippen LogP contribution in [0, 0.1) is 0 Å². The van der Waals surface area contributed by atoms with Gasteiger partial charge in [-0.2, -0.15) is 0 Å². The molecule has 0 bridgehead atoms. The lowest BCUT2D eigenvalue weighted by molar-refractivity contribution is -0.127. The fourth-order valence-electron chi connectivity index (χ4n) is 2.10. The number of likely N-dealkylation sites (N-methyl/N-ethyl adjacent to an activating group) is 1. The van der Waals surface area contributed by atoms with E-state index in [0.717, 1.165) is 36.7 Å². The molecule has 0 aromatic heterocycles. The average Bonchev–Trinajstić information content (AvgIpc) is 2.61. The molecular formula is C19H30N4O2. The number of benzene rings is 1. The van der Waals surface area contributed by atoms with Crippen molar-refractivity contribution in [2.75, 3.05) is 41.3 Å². The van der Waals surface area contributed by atoms with Crippen LogP contribution in [0.1, 0.15) is 18.4 Å². The van der Waals surface area contributed by atoms with E-state index in [1.54, 1.807) is 26.1 Å². The van der Waals surface area contributed by atoms with Crippen molar-refractivity contribution in [1.29, 1.82) is 0 Å². The molecule has 6 heteroatoms. The normalized spacial score (nSPS) is 11.0. The molecule has 138 valence electrons. The number of rotatable bonds is 9. The van der Waals surface area contributed by atoms with Gasteiger partial charge in [-0.3, -0.25) is 4.79 Å². The van der Waals surface area contributed by atoms with Crippen LogP contribution < -0.4 is 10.1 Å². The van der Waals surface area contributed by atoms with Gasteiger partial charge in [0.05, 0.1) is 20.2 Å². The van der Waals surface area contributed by atoms with Crippen LogP contribution in [0.4, 0.5) is 0 Å². The number of carbonyl (C=O) groups excluding carboxylic acids is 1. The molecule has 1 amide bonds. The lowest BCUT2D eigenvalue weighted by Gasteiger charge is -2.23. The van der Waals surface area contributed by atoms with Crippen molar-refractivity contribution in [2.45, 2.75) is 19.4 Å². The Hall–Kier alpha value is -2.50. The highest BCUT2D eigenvalue weighted by Crippen LogP contribution is 2.12. The van der Waals surface area contributed by atoms with Gasteiger partial charge in [-0.15, -0.1) is 6.58 Å². The van der Waals surface area contributed by atoms with E-state index in [9.17, 15) is 4.79 Å². The third kappa shape index (κ3) is 7.74. The molecule has 0 spiro atoms. The predicted molar refractivity (Wildman–Crippen MR) is 103 cm³/mol. The van der Waals surface area contributed by atoms with Crippen LogP contribution in [0.25, 0.3) is 0 Å². The summed E-state index contributed by atoms with van der Waals surface area (Å²) in [5.41, 5.74) is 1.08. The standard InChI is InChI=1S/C19H30N4O2/c1-6-7-8-13-23(4)19(21-15-18(24)22(2)3)20-14-16-9-11-17(25-5)12-10-16/h6,9-12H,1,7-8,13-15H2,2-5H3,(H,20,21). The van der Waals surface area contributed by atoms with Crippen LogP contribution in [0.2, 0.25) is 0 Å². The quantitative estimate of drug-likeness (QED) is 0.322. The zero-order valence-corrected chi connectivity index (χ0v) is 15.8. The maximum absolute atomic E-state index is 11.8. The Bertz CT molecular complexity index is 567. The summed E-state index contributed by atoms with van der Waals surface area (Å²) in [5.74, 6) is 1.55. The molecule has 1 rings (SSSR count). The minimum absolute atomic E-state index is 0.0108. The van der Waals surface area contributed by atoms with Gasteiger partial charge in [0.25, 0.3) is 0 Å². The van der Waals surface area contributed by atoms with Crippen molar-refractivity contribution in [1.82, 2.24) is 15.1 Å². The van der Waals surface area contributed by atoms with Gasteiger partial charge in [-0.1, -0.05) is 18.2 Å². The fourth-order valence-corrected chi connectivity index (χ4v) is 2.10. The van der Waals surface area contributed by atoms with E-state index in [-0.39, 0.29) is 12.5 Å². The Morgan fingerprint density at radius 1 is 1.28 bits per heavy atom. The zero-order valence-electron chi connectivity index (χ0n) is 15.8. The summed E-state index contributed by atoms with van der Waals surface area (Å²) >= 11 is 0. The highest BCUT2D eigenvalue weighted by atomic mass is 16.5. The number of methoxy groups -OCH3 is 1. The molecule has 1 N–H and O–H groups in total. The molecule has 0 saturated carbocycles. The summed E-state index contributed by atoms with van der Waals surface area (Å²) in [7, 11) is 7.11. The maximum Gasteiger partial charge on any atom is 0.241 e. The Morgan fingerprint density at radius 2 is 1.96 bits per heavy atom.